The van der Waals surface area contributed by atoms with E-state index in [1.807, 2.05) is 0 Å². The molecule has 2 N–H and O–H groups in total. The maximum atomic E-state index is 14.7. The summed E-state index contributed by atoms with van der Waals surface area (Å²) < 4.78 is 40.0. The molecule has 0 amide bonds. The van der Waals surface area contributed by atoms with Crippen LogP contribution in [-0.2, 0) is 19.1 Å². The Hall–Kier alpha value is -3.22. The number of carbonyl (C=O) groups is 2. The van der Waals surface area contributed by atoms with Crippen molar-refractivity contribution in [2.24, 2.45) is 10.9 Å². The van der Waals surface area contributed by atoms with Gasteiger partial charge in [-0.3, -0.25) is 14.7 Å². The van der Waals surface area contributed by atoms with E-state index >= 15 is 0 Å². The Morgan fingerprint density at radius 3 is 2.64 bits per heavy atom. The van der Waals surface area contributed by atoms with Gasteiger partial charge in [-0.15, -0.1) is 11.3 Å². The summed E-state index contributed by atoms with van der Waals surface area (Å²) in [6.45, 7) is 4.51. The van der Waals surface area contributed by atoms with Crippen LogP contribution in [0.2, 0.25) is 0 Å². The number of nitrogens with zero attached hydrogens (tertiary/aromatic N) is 3. The number of carboxylic acid groups (broad SMARTS) is 1. The summed E-state index contributed by atoms with van der Waals surface area (Å²) in [4.78, 5) is 36.2. The van der Waals surface area contributed by atoms with Crippen molar-refractivity contribution >= 4 is 29.1 Å². The molecule has 39 heavy (non-hydrogen) atoms. The van der Waals surface area contributed by atoms with Gasteiger partial charge >= 0.3 is 11.9 Å². The molecule has 2 bridgehead atoms. The number of thiazole rings is 1. The summed E-state index contributed by atoms with van der Waals surface area (Å²) in [5.41, 5.74) is 1.17. The lowest BCUT2D eigenvalue weighted by atomic mass is 9.82. The number of morpholine rings is 1. The van der Waals surface area contributed by atoms with Crippen LogP contribution in [0.25, 0.3) is 0 Å². The molecule has 208 valence electrons. The number of aromatic nitrogens is 1. The topological polar surface area (TPSA) is 113 Å². The molecule has 0 radical (unpaired) electrons. The number of rotatable bonds is 8. The first-order chi connectivity index (χ1) is 18.8. The Balaban J connectivity index is 1.58. The number of carboxylic acids is 1. The van der Waals surface area contributed by atoms with Gasteiger partial charge in [-0.05, 0) is 49.8 Å². The van der Waals surface area contributed by atoms with E-state index in [0.717, 1.165) is 6.07 Å². The number of ether oxygens (including phenoxy) is 2. The first kappa shape index (κ1) is 27.4. The van der Waals surface area contributed by atoms with Crippen LogP contribution in [0.1, 0.15) is 48.4 Å². The summed E-state index contributed by atoms with van der Waals surface area (Å²) in [5, 5.41) is 15.0. The molecule has 3 aliphatic heterocycles. The average molecular weight is 561 g/mol. The average Bonchev–Trinajstić information content (AvgIpc) is 3.42. The molecule has 1 aromatic carbocycles. The highest BCUT2D eigenvalue weighted by Gasteiger charge is 2.42. The molecule has 0 spiro atoms. The molecule has 2 aromatic rings. The van der Waals surface area contributed by atoms with Crippen LogP contribution < -0.4 is 5.32 Å². The van der Waals surface area contributed by atoms with Crippen LogP contribution >= 0.6 is 11.3 Å². The van der Waals surface area contributed by atoms with Gasteiger partial charge in [0.05, 0.1) is 25.4 Å². The highest BCUT2D eigenvalue weighted by atomic mass is 32.1. The molecule has 4 atom stereocenters. The van der Waals surface area contributed by atoms with Gasteiger partial charge in [-0.2, -0.15) is 0 Å². The van der Waals surface area contributed by atoms with E-state index in [0.29, 0.717) is 54.7 Å². The number of halogens is 2. The van der Waals surface area contributed by atoms with E-state index in [-0.39, 0.29) is 42.2 Å². The number of aliphatic imine (C=N–C) groups is 1. The summed E-state index contributed by atoms with van der Waals surface area (Å²) in [6, 6.07) is 1.46. The molecule has 3 aliphatic rings. The predicted molar refractivity (Wildman–Crippen MR) is 139 cm³/mol. The smallest absolute Gasteiger partial charge is 0.338 e. The molecule has 1 aromatic heterocycles. The summed E-state index contributed by atoms with van der Waals surface area (Å²) in [6.07, 6.45) is 3.06. The number of nitrogens with one attached hydrogen (secondary N) is 1. The van der Waals surface area contributed by atoms with Gasteiger partial charge in [-0.1, -0.05) is 6.07 Å². The second kappa shape index (κ2) is 11.5. The molecular formula is C27H30F2N4O5S. The van der Waals surface area contributed by atoms with Crippen LogP contribution in [0, 0.1) is 24.5 Å². The Kier molecular flexibility index (Phi) is 8.06. The van der Waals surface area contributed by atoms with Crippen LogP contribution in [-0.4, -0.2) is 71.2 Å². The number of benzene rings is 1. The molecule has 2 saturated heterocycles. The van der Waals surface area contributed by atoms with Crippen molar-refractivity contribution in [3.05, 3.63) is 62.7 Å². The summed E-state index contributed by atoms with van der Waals surface area (Å²) in [5.74, 6) is -2.92. The van der Waals surface area contributed by atoms with Crippen molar-refractivity contribution in [1.82, 2.24) is 15.2 Å². The van der Waals surface area contributed by atoms with Gasteiger partial charge in [0.2, 0.25) is 0 Å². The van der Waals surface area contributed by atoms with Gasteiger partial charge in [0.1, 0.15) is 6.04 Å². The predicted octanol–water partition coefficient (Wildman–Crippen LogP) is 3.59. The third-order valence-corrected chi connectivity index (χ3v) is 8.29. The molecule has 4 heterocycles. The zero-order chi connectivity index (χ0) is 27.7. The lowest BCUT2D eigenvalue weighted by Gasteiger charge is -2.49. The van der Waals surface area contributed by atoms with Crippen molar-refractivity contribution < 1.29 is 33.0 Å². The van der Waals surface area contributed by atoms with Crippen molar-refractivity contribution in [3.8, 4) is 0 Å². The number of aliphatic carboxylic acids is 1. The number of esters is 1. The second-order valence-corrected chi connectivity index (χ2v) is 10.9. The van der Waals surface area contributed by atoms with Crippen LogP contribution in [0.3, 0.4) is 0 Å². The first-order valence-electron chi connectivity index (χ1n) is 12.9. The zero-order valence-electron chi connectivity index (χ0n) is 21.7. The number of carbonyl (C=O) groups excluding carboxylic acids is 1. The quantitative estimate of drug-likeness (QED) is 0.471. The van der Waals surface area contributed by atoms with Crippen LogP contribution in [0.5, 0.6) is 0 Å². The van der Waals surface area contributed by atoms with Crippen molar-refractivity contribution in [2.45, 2.75) is 51.2 Å². The van der Waals surface area contributed by atoms with Gasteiger partial charge < -0.3 is 19.9 Å². The molecule has 12 heteroatoms. The molecule has 0 saturated carbocycles. The molecule has 0 aliphatic carbocycles. The Morgan fingerprint density at radius 2 is 2.00 bits per heavy atom. The van der Waals surface area contributed by atoms with Gasteiger partial charge in [0.25, 0.3) is 0 Å². The number of fused-ring (bicyclic) bond motifs is 2. The number of hydrogen-bond donors (Lipinski definition) is 2. The standard InChI is InChI=1S/C27H30F2N4O5S/c1-3-38-27(36)22-20(11-33-16-8-15(10-21(34)35)9-17(33)13-37-12-16)31-25(26-30-6-7-39-26)32-24(22)18-4-5-19(28)23(29)14(18)2/h4-7,15-17,24H,3,8-13H2,1-2H3,(H,31,32)(H,34,35)/t15-,16+,17-,24-/m0/s1. The van der Waals surface area contributed by atoms with Gasteiger partial charge in [-0.25, -0.2) is 18.6 Å². The number of hydrogen-bond acceptors (Lipinski definition) is 9. The third kappa shape index (κ3) is 5.59. The Labute approximate surface area is 228 Å². The highest BCUT2D eigenvalue weighted by molar-refractivity contribution is 7.11. The first-order valence-corrected chi connectivity index (χ1v) is 13.8. The van der Waals surface area contributed by atoms with Crippen LogP contribution in [0.15, 0.2) is 40.0 Å². The van der Waals surface area contributed by atoms with E-state index in [1.165, 1.54) is 24.3 Å². The zero-order valence-corrected chi connectivity index (χ0v) is 22.5. The maximum Gasteiger partial charge on any atom is 0.338 e. The van der Waals surface area contributed by atoms with E-state index in [1.54, 1.807) is 18.5 Å². The van der Waals surface area contributed by atoms with Crippen molar-refractivity contribution in [2.75, 3.05) is 26.4 Å². The molecule has 9 nitrogen and oxygen atoms in total. The fourth-order valence-corrected chi connectivity index (χ4v) is 6.35. The highest BCUT2D eigenvalue weighted by Crippen LogP contribution is 2.38. The maximum absolute atomic E-state index is 14.7. The fourth-order valence-electron chi connectivity index (χ4n) is 5.76. The van der Waals surface area contributed by atoms with Crippen molar-refractivity contribution in [1.29, 1.82) is 0 Å². The minimum Gasteiger partial charge on any atom is -0.481 e. The Morgan fingerprint density at radius 1 is 1.26 bits per heavy atom. The minimum atomic E-state index is -0.992. The van der Waals surface area contributed by atoms with E-state index in [2.05, 4.69) is 15.2 Å². The lowest BCUT2D eigenvalue weighted by molar-refractivity contribution is -0.141. The normalized spacial score (nSPS) is 25.2. The molecule has 2 fully saturated rings. The molecule has 5 rings (SSSR count). The third-order valence-electron chi connectivity index (χ3n) is 7.51. The fraction of sp³-hybridized carbons (Fsp3) is 0.481. The molecule has 0 unspecified atom stereocenters. The summed E-state index contributed by atoms with van der Waals surface area (Å²) >= 11 is 1.36. The molecular weight excluding hydrogens is 530 g/mol. The van der Waals surface area contributed by atoms with Gasteiger partial charge in [0.15, 0.2) is 22.5 Å². The second-order valence-electron chi connectivity index (χ2n) is 9.98. The largest absolute Gasteiger partial charge is 0.481 e. The van der Waals surface area contributed by atoms with E-state index in [4.69, 9.17) is 14.5 Å². The Bertz CT molecular complexity index is 1300. The van der Waals surface area contributed by atoms with E-state index < -0.39 is 29.6 Å². The van der Waals surface area contributed by atoms with Crippen LogP contribution in [0.4, 0.5) is 8.78 Å². The van der Waals surface area contributed by atoms with Gasteiger partial charge in [0, 0.05) is 42.3 Å². The summed E-state index contributed by atoms with van der Waals surface area (Å²) in [7, 11) is 0. The minimum absolute atomic E-state index is 0.0368. The van der Waals surface area contributed by atoms with E-state index in [9.17, 15) is 23.5 Å². The number of amidine groups is 1. The van der Waals surface area contributed by atoms with Crippen molar-refractivity contribution in [3.63, 3.8) is 0 Å². The monoisotopic (exact) mass is 560 g/mol. The number of piperidine rings is 1. The lowest BCUT2D eigenvalue weighted by Crippen LogP contribution is -2.58. The SMILES string of the molecule is CCOC(=O)C1=C(CN2[C@@H]3COC[C@H]2C[C@H](CC(=O)O)C3)NC(c2nccs2)=N[C@H]1c1ccc(F)c(F)c1C.